The molecule has 1 atom stereocenters. The number of amides is 1. The second kappa shape index (κ2) is 4.61. The fourth-order valence-electron chi connectivity index (χ4n) is 2.00. The van der Waals surface area contributed by atoms with E-state index < -0.39 is 17.3 Å². The molecule has 1 aliphatic heterocycles. The van der Waals surface area contributed by atoms with E-state index in [0.29, 0.717) is 0 Å². The molecule has 1 aliphatic rings. The minimum absolute atomic E-state index is 0.0147. The van der Waals surface area contributed by atoms with Gasteiger partial charge in [0.25, 0.3) is 5.91 Å². The van der Waals surface area contributed by atoms with E-state index in [0.717, 1.165) is 6.07 Å². The van der Waals surface area contributed by atoms with Gasteiger partial charge in [0.15, 0.2) is 0 Å². The van der Waals surface area contributed by atoms with Gasteiger partial charge in [-0.2, -0.15) is 13.2 Å². The molecule has 1 N–H and O–H groups in total. The number of carbonyl (C=O) groups excluding carboxylic acids is 1. The van der Waals surface area contributed by atoms with Crippen LogP contribution in [0.15, 0.2) is 29.3 Å². The van der Waals surface area contributed by atoms with Gasteiger partial charge < -0.3 is 5.32 Å². The average Bonchev–Trinajstić information content (AvgIpc) is 2.66. The summed E-state index contributed by atoms with van der Waals surface area (Å²) in [5, 5.41) is 2.47. The minimum atomic E-state index is -4.49. The maximum atomic E-state index is 13.0. The normalized spacial score (nSPS) is 22.9. The fraction of sp³-hybridized carbons (Fsp3) is 0.429. The molecule has 108 valence electrons. The Bertz CT molecular complexity index is 578. The summed E-state index contributed by atoms with van der Waals surface area (Å²) in [7, 11) is 0. The third kappa shape index (κ3) is 2.30. The zero-order valence-electron chi connectivity index (χ0n) is 11.4. The summed E-state index contributed by atoms with van der Waals surface area (Å²) >= 11 is 0. The van der Waals surface area contributed by atoms with Crippen molar-refractivity contribution in [1.82, 2.24) is 5.32 Å². The maximum absolute atomic E-state index is 13.0. The number of carbonyl (C=O) groups is 1. The molecule has 1 unspecified atom stereocenters. The highest BCUT2D eigenvalue weighted by molar-refractivity contribution is 6.15. The average molecular weight is 284 g/mol. The highest BCUT2D eigenvalue weighted by Crippen LogP contribution is 2.34. The van der Waals surface area contributed by atoms with Crippen molar-refractivity contribution in [3.05, 3.63) is 35.4 Å². The van der Waals surface area contributed by atoms with Crippen molar-refractivity contribution < 1.29 is 18.0 Å². The summed E-state index contributed by atoms with van der Waals surface area (Å²) in [6.07, 6.45) is -4.49. The van der Waals surface area contributed by atoms with E-state index >= 15 is 0 Å². The number of nitrogens with one attached hydrogen (secondary N) is 1. The number of benzene rings is 1. The summed E-state index contributed by atoms with van der Waals surface area (Å²) in [5.74, 6) is -0.503. The maximum Gasteiger partial charge on any atom is 0.417 e. The van der Waals surface area contributed by atoms with Crippen LogP contribution in [-0.4, -0.2) is 17.3 Å². The van der Waals surface area contributed by atoms with Gasteiger partial charge in [-0.3, -0.25) is 9.79 Å². The second-order valence-electron chi connectivity index (χ2n) is 5.26. The molecule has 3 nitrogen and oxygen atoms in total. The molecule has 0 radical (unpaired) electrons. The summed E-state index contributed by atoms with van der Waals surface area (Å²) in [4.78, 5) is 16.2. The van der Waals surface area contributed by atoms with E-state index in [4.69, 9.17) is 0 Å². The molecule has 2 rings (SSSR count). The lowest BCUT2D eigenvalue weighted by Gasteiger charge is -2.21. The smallest absolute Gasteiger partial charge is 0.308 e. The molecular weight excluding hydrogens is 269 g/mol. The summed E-state index contributed by atoms with van der Waals surface area (Å²) < 4.78 is 38.9. The van der Waals surface area contributed by atoms with Gasteiger partial charge in [-0.15, -0.1) is 0 Å². The first-order valence-corrected chi connectivity index (χ1v) is 6.24. The summed E-state index contributed by atoms with van der Waals surface area (Å²) in [5.41, 5.74) is -1.93. The topological polar surface area (TPSA) is 41.5 Å². The molecule has 6 heteroatoms. The third-order valence-corrected chi connectivity index (χ3v) is 3.65. The lowest BCUT2D eigenvalue weighted by Crippen LogP contribution is -2.41. The standard InChI is InChI=1S/C14H15F3N2O/c1-8(2)13(3)12(20)18-11(19-13)9-6-4-5-7-10(9)14(15,16)17/h4-8H,1-3H3,(H,18,19,20). The molecule has 0 spiro atoms. The quantitative estimate of drug-likeness (QED) is 0.891. The monoisotopic (exact) mass is 284 g/mol. The van der Waals surface area contributed by atoms with E-state index in [1.54, 1.807) is 6.92 Å². The number of rotatable bonds is 2. The van der Waals surface area contributed by atoms with Gasteiger partial charge in [0.05, 0.1) is 5.56 Å². The number of aliphatic imine (C=N–C) groups is 1. The molecule has 0 saturated heterocycles. The number of hydrogen-bond donors (Lipinski definition) is 1. The van der Waals surface area contributed by atoms with Gasteiger partial charge in [0.1, 0.15) is 11.4 Å². The van der Waals surface area contributed by atoms with E-state index in [9.17, 15) is 18.0 Å². The van der Waals surface area contributed by atoms with Crippen LogP contribution < -0.4 is 5.32 Å². The Morgan fingerprint density at radius 1 is 1.25 bits per heavy atom. The van der Waals surface area contributed by atoms with Crippen LogP contribution in [0.5, 0.6) is 0 Å². The molecule has 1 aromatic rings. The van der Waals surface area contributed by atoms with E-state index in [2.05, 4.69) is 10.3 Å². The van der Waals surface area contributed by atoms with E-state index in [-0.39, 0.29) is 23.2 Å². The van der Waals surface area contributed by atoms with Crippen molar-refractivity contribution in [2.24, 2.45) is 10.9 Å². The van der Waals surface area contributed by atoms with Crippen molar-refractivity contribution in [2.45, 2.75) is 32.5 Å². The van der Waals surface area contributed by atoms with Crippen LogP contribution >= 0.6 is 0 Å². The lowest BCUT2D eigenvalue weighted by atomic mass is 9.89. The van der Waals surface area contributed by atoms with Crippen LogP contribution in [0.25, 0.3) is 0 Å². The van der Waals surface area contributed by atoms with E-state index in [1.165, 1.54) is 18.2 Å². The van der Waals surface area contributed by atoms with Crippen LogP contribution in [-0.2, 0) is 11.0 Å². The SMILES string of the molecule is CC(C)C1(C)N=C(c2ccccc2C(F)(F)F)NC1=O. The van der Waals surface area contributed by atoms with Crippen molar-refractivity contribution in [3.8, 4) is 0 Å². The Labute approximate surface area is 114 Å². The van der Waals surface area contributed by atoms with Crippen molar-refractivity contribution >= 4 is 11.7 Å². The minimum Gasteiger partial charge on any atom is -0.308 e. The zero-order valence-corrected chi connectivity index (χ0v) is 11.4. The van der Waals surface area contributed by atoms with Crippen LogP contribution in [0.1, 0.15) is 31.9 Å². The van der Waals surface area contributed by atoms with Gasteiger partial charge in [-0.05, 0) is 18.9 Å². The summed E-state index contributed by atoms with van der Waals surface area (Å²) in [6.45, 7) is 5.24. The second-order valence-corrected chi connectivity index (χ2v) is 5.26. The zero-order chi connectivity index (χ0) is 15.1. The summed E-state index contributed by atoms with van der Waals surface area (Å²) in [6, 6.07) is 5.10. The Morgan fingerprint density at radius 2 is 1.85 bits per heavy atom. The molecule has 1 amide bonds. The number of hydrogen-bond acceptors (Lipinski definition) is 2. The van der Waals surface area contributed by atoms with Crippen molar-refractivity contribution in [3.63, 3.8) is 0 Å². The highest BCUT2D eigenvalue weighted by Gasteiger charge is 2.44. The molecule has 0 bridgehead atoms. The Hall–Kier alpha value is -1.85. The molecule has 1 heterocycles. The number of halogens is 3. The van der Waals surface area contributed by atoms with Crippen molar-refractivity contribution in [2.75, 3.05) is 0 Å². The number of amidine groups is 1. The van der Waals surface area contributed by atoms with Crippen LogP contribution in [0.2, 0.25) is 0 Å². The molecule has 20 heavy (non-hydrogen) atoms. The molecule has 0 aromatic heterocycles. The Kier molecular flexibility index (Phi) is 3.36. The molecule has 0 aliphatic carbocycles. The Balaban J connectivity index is 2.52. The number of alkyl halides is 3. The Morgan fingerprint density at radius 3 is 2.35 bits per heavy atom. The molecule has 0 fully saturated rings. The van der Waals surface area contributed by atoms with Crippen LogP contribution in [0.4, 0.5) is 13.2 Å². The first-order chi connectivity index (χ1) is 9.16. The van der Waals surface area contributed by atoms with Gasteiger partial charge in [0, 0.05) is 5.56 Å². The van der Waals surface area contributed by atoms with Gasteiger partial charge >= 0.3 is 6.18 Å². The van der Waals surface area contributed by atoms with Crippen LogP contribution in [0.3, 0.4) is 0 Å². The van der Waals surface area contributed by atoms with Gasteiger partial charge in [-0.25, -0.2) is 0 Å². The highest BCUT2D eigenvalue weighted by atomic mass is 19.4. The predicted molar refractivity (Wildman–Crippen MR) is 69.4 cm³/mol. The largest absolute Gasteiger partial charge is 0.417 e. The molecule has 0 saturated carbocycles. The van der Waals surface area contributed by atoms with Crippen LogP contribution in [0, 0.1) is 5.92 Å². The molecular formula is C14H15F3N2O. The molecule has 1 aromatic carbocycles. The predicted octanol–water partition coefficient (Wildman–Crippen LogP) is 3.00. The van der Waals surface area contributed by atoms with Gasteiger partial charge in [-0.1, -0.05) is 32.0 Å². The first-order valence-electron chi connectivity index (χ1n) is 6.24. The third-order valence-electron chi connectivity index (χ3n) is 3.65. The fourth-order valence-corrected chi connectivity index (χ4v) is 2.00. The van der Waals surface area contributed by atoms with Crippen molar-refractivity contribution in [1.29, 1.82) is 0 Å². The first kappa shape index (κ1) is 14.6. The van der Waals surface area contributed by atoms with Gasteiger partial charge in [0.2, 0.25) is 0 Å². The lowest BCUT2D eigenvalue weighted by molar-refractivity contribution is -0.137. The number of nitrogens with zero attached hydrogens (tertiary/aromatic N) is 1. The van der Waals surface area contributed by atoms with E-state index in [1.807, 2.05) is 13.8 Å².